The molecule has 2 aromatic rings. The maximum atomic E-state index is 6.22. The summed E-state index contributed by atoms with van der Waals surface area (Å²) in [7, 11) is 1.88. The summed E-state index contributed by atoms with van der Waals surface area (Å²) < 4.78 is 0. The van der Waals surface area contributed by atoms with Crippen LogP contribution in [0.25, 0.3) is 0 Å². The van der Waals surface area contributed by atoms with Gasteiger partial charge in [-0.3, -0.25) is 0 Å². The van der Waals surface area contributed by atoms with E-state index in [4.69, 9.17) is 46.4 Å². The predicted octanol–water partition coefficient (Wildman–Crippen LogP) is 5.80. The van der Waals surface area contributed by atoms with E-state index in [-0.39, 0.29) is 6.04 Å². The monoisotopic (exact) mass is 347 g/mol. The van der Waals surface area contributed by atoms with E-state index in [0.717, 1.165) is 11.1 Å². The van der Waals surface area contributed by atoms with Crippen LogP contribution in [0.4, 0.5) is 0 Å². The number of hydrogen-bond acceptors (Lipinski definition) is 1. The Morgan fingerprint density at radius 1 is 0.950 bits per heavy atom. The van der Waals surface area contributed by atoms with Crippen molar-refractivity contribution in [3.63, 3.8) is 0 Å². The second-order valence-corrected chi connectivity index (χ2v) is 6.14. The van der Waals surface area contributed by atoms with Gasteiger partial charge in [-0.15, -0.1) is 0 Å². The SMILES string of the molecule is CNC(Cc1c(Cl)cccc1Cl)c1cc(Cl)cc(Cl)c1. The van der Waals surface area contributed by atoms with Gasteiger partial charge in [-0.05, 0) is 54.9 Å². The van der Waals surface area contributed by atoms with E-state index >= 15 is 0 Å². The minimum Gasteiger partial charge on any atom is -0.313 e. The van der Waals surface area contributed by atoms with Crippen LogP contribution in [0.3, 0.4) is 0 Å². The lowest BCUT2D eigenvalue weighted by Crippen LogP contribution is -2.19. The molecule has 0 heterocycles. The highest BCUT2D eigenvalue weighted by molar-refractivity contribution is 6.36. The summed E-state index contributed by atoms with van der Waals surface area (Å²) in [5.74, 6) is 0. The average molecular weight is 349 g/mol. The summed E-state index contributed by atoms with van der Waals surface area (Å²) >= 11 is 24.5. The van der Waals surface area contributed by atoms with Crippen molar-refractivity contribution in [3.8, 4) is 0 Å². The molecule has 1 atom stereocenters. The Bertz CT molecular complexity index is 572. The molecular weight excluding hydrogens is 336 g/mol. The van der Waals surface area contributed by atoms with Crippen LogP contribution in [0.5, 0.6) is 0 Å². The molecule has 2 aromatic carbocycles. The van der Waals surface area contributed by atoms with Crippen molar-refractivity contribution < 1.29 is 0 Å². The third-order valence-corrected chi connectivity index (χ3v) is 4.25. The second-order valence-electron chi connectivity index (χ2n) is 4.45. The molecule has 0 saturated heterocycles. The third-order valence-electron chi connectivity index (χ3n) is 3.11. The molecule has 0 aliphatic carbocycles. The number of nitrogens with one attached hydrogen (secondary N) is 1. The zero-order valence-electron chi connectivity index (χ0n) is 10.8. The molecule has 2 rings (SSSR count). The fourth-order valence-corrected chi connectivity index (χ4v) is 3.19. The molecule has 0 spiro atoms. The first-order chi connectivity index (χ1) is 9.51. The van der Waals surface area contributed by atoms with E-state index < -0.39 is 0 Å². The Hall–Kier alpha value is -0.440. The molecule has 1 unspecified atom stereocenters. The van der Waals surface area contributed by atoms with Gasteiger partial charge >= 0.3 is 0 Å². The van der Waals surface area contributed by atoms with Crippen molar-refractivity contribution in [2.75, 3.05) is 7.05 Å². The lowest BCUT2D eigenvalue weighted by molar-refractivity contribution is 0.592. The molecule has 1 N–H and O–H groups in total. The Labute approximate surface area is 138 Å². The van der Waals surface area contributed by atoms with Crippen LogP contribution in [0, 0.1) is 0 Å². The van der Waals surface area contributed by atoms with Gasteiger partial charge in [-0.2, -0.15) is 0 Å². The first-order valence-electron chi connectivity index (χ1n) is 6.07. The van der Waals surface area contributed by atoms with E-state index in [9.17, 15) is 0 Å². The molecule has 0 amide bonds. The average Bonchev–Trinajstić information content (AvgIpc) is 2.37. The van der Waals surface area contributed by atoms with Crippen LogP contribution in [0.2, 0.25) is 20.1 Å². The number of halogens is 4. The Kier molecular flexibility index (Phi) is 5.59. The molecule has 0 saturated carbocycles. The lowest BCUT2D eigenvalue weighted by atomic mass is 9.99. The highest BCUT2D eigenvalue weighted by Crippen LogP contribution is 2.31. The van der Waals surface area contributed by atoms with Crippen LogP contribution in [-0.4, -0.2) is 7.05 Å². The van der Waals surface area contributed by atoms with Crippen molar-refractivity contribution in [1.82, 2.24) is 5.32 Å². The van der Waals surface area contributed by atoms with Gasteiger partial charge < -0.3 is 5.32 Å². The van der Waals surface area contributed by atoms with Crippen LogP contribution >= 0.6 is 46.4 Å². The molecule has 0 aliphatic rings. The van der Waals surface area contributed by atoms with Gasteiger partial charge in [-0.1, -0.05) is 52.5 Å². The Morgan fingerprint density at radius 3 is 2.00 bits per heavy atom. The molecule has 1 nitrogen and oxygen atoms in total. The maximum absolute atomic E-state index is 6.22. The summed E-state index contributed by atoms with van der Waals surface area (Å²) in [5.41, 5.74) is 1.91. The van der Waals surface area contributed by atoms with Gasteiger partial charge in [0.05, 0.1) is 0 Å². The first-order valence-corrected chi connectivity index (χ1v) is 7.58. The summed E-state index contributed by atoms with van der Waals surface area (Å²) in [6.45, 7) is 0. The van der Waals surface area contributed by atoms with E-state index in [1.54, 1.807) is 6.07 Å². The van der Waals surface area contributed by atoms with Crippen molar-refractivity contribution in [2.45, 2.75) is 12.5 Å². The predicted molar refractivity (Wildman–Crippen MR) is 88.4 cm³/mol. The minimum atomic E-state index is 0.0311. The molecule has 106 valence electrons. The molecule has 0 radical (unpaired) electrons. The molecule has 0 aromatic heterocycles. The molecule has 0 bridgehead atoms. The molecule has 0 aliphatic heterocycles. The normalized spacial score (nSPS) is 12.4. The molecular formula is C15H13Cl4N. The summed E-state index contributed by atoms with van der Waals surface area (Å²) in [4.78, 5) is 0. The van der Waals surface area contributed by atoms with Gasteiger partial charge in [0.25, 0.3) is 0 Å². The Balaban J connectivity index is 2.33. The number of likely N-dealkylation sites (N-methyl/N-ethyl adjacent to an activating group) is 1. The quantitative estimate of drug-likeness (QED) is 0.735. The molecule has 0 fully saturated rings. The second kappa shape index (κ2) is 7.02. The van der Waals surface area contributed by atoms with Crippen molar-refractivity contribution in [2.24, 2.45) is 0 Å². The molecule has 5 heteroatoms. The maximum Gasteiger partial charge on any atom is 0.0453 e. The first kappa shape index (κ1) is 15.9. The number of benzene rings is 2. The topological polar surface area (TPSA) is 12.0 Å². The van der Waals surface area contributed by atoms with Gasteiger partial charge in [0, 0.05) is 26.1 Å². The zero-order chi connectivity index (χ0) is 14.7. The van der Waals surface area contributed by atoms with E-state index in [0.29, 0.717) is 26.5 Å². The van der Waals surface area contributed by atoms with Gasteiger partial charge in [-0.25, -0.2) is 0 Å². The van der Waals surface area contributed by atoms with Crippen molar-refractivity contribution >= 4 is 46.4 Å². The van der Waals surface area contributed by atoms with E-state index in [2.05, 4.69) is 5.32 Å². The Morgan fingerprint density at radius 2 is 1.50 bits per heavy atom. The largest absolute Gasteiger partial charge is 0.313 e. The van der Waals surface area contributed by atoms with Crippen molar-refractivity contribution in [3.05, 3.63) is 67.6 Å². The van der Waals surface area contributed by atoms with Gasteiger partial charge in [0.2, 0.25) is 0 Å². The standard InChI is InChI=1S/C15H13Cl4N/c1-20-15(9-5-10(16)7-11(17)6-9)8-12-13(18)3-2-4-14(12)19/h2-7,15,20H,8H2,1H3. The highest BCUT2D eigenvalue weighted by atomic mass is 35.5. The smallest absolute Gasteiger partial charge is 0.0453 e. The van der Waals surface area contributed by atoms with Gasteiger partial charge in [0.15, 0.2) is 0 Å². The van der Waals surface area contributed by atoms with Crippen LogP contribution in [-0.2, 0) is 6.42 Å². The van der Waals surface area contributed by atoms with Crippen LogP contribution in [0.1, 0.15) is 17.2 Å². The lowest BCUT2D eigenvalue weighted by Gasteiger charge is -2.19. The van der Waals surface area contributed by atoms with E-state index in [1.807, 2.05) is 37.4 Å². The fraction of sp³-hybridized carbons (Fsp3) is 0.200. The summed E-state index contributed by atoms with van der Waals surface area (Å²) in [5, 5.41) is 5.78. The highest BCUT2D eigenvalue weighted by Gasteiger charge is 2.15. The number of hydrogen-bond donors (Lipinski definition) is 1. The van der Waals surface area contributed by atoms with Crippen molar-refractivity contribution in [1.29, 1.82) is 0 Å². The number of rotatable bonds is 4. The summed E-state index contributed by atoms with van der Waals surface area (Å²) in [6.07, 6.45) is 0.658. The fourth-order valence-electron chi connectivity index (χ4n) is 2.09. The van der Waals surface area contributed by atoms with Gasteiger partial charge in [0.1, 0.15) is 0 Å². The van der Waals surface area contributed by atoms with E-state index in [1.165, 1.54) is 0 Å². The minimum absolute atomic E-state index is 0.0311. The summed E-state index contributed by atoms with van der Waals surface area (Å²) in [6, 6.07) is 11.0. The van der Waals surface area contributed by atoms with Crippen LogP contribution in [0.15, 0.2) is 36.4 Å². The van der Waals surface area contributed by atoms with Crippen LogP contribution < -0.4 is 5.32 Å². The zero-order valence-corrected chi connectivity index (χ0v) is 13.8. The third kappa shape index (κ3) is 3.81. The molecule has 20 heavy (non-hydrogen) atoms.